The first-order valence-corrected chi connectivity index (χ1v) is 10.6. The first kappa shape index (κ1) is 20.0. The molecule has 1 aromatic rings. The molecule has 3 atom stereocenters. The number of rotatable bonds is 6. The third-order valence-electron chi connectivity index (χ3n) is 6.30. The lowest BCUT2D eigenvalue weighted by molar-refractivity contribution is -0.123. The fourth-order valence-corrected chi connectivity index (χ4v) is 4.38. The molecular formula is C22H35N3O2. The second-order valence-corrected chi connectivity index (χ2v) is 8.11. The standard InChI is InChI=1S/C22H35N3O2/c1-4-27-21-11-6-5-10-20(21)25-14-12-24(13-15-25)16-22(26)23-19-9-7-8-17(2)18(19)3/h5-6,10-11,17-19H,4,7-9,12-16H2,1-3H3,(H,23,26)/t17-,18+,19+/m1/s1. The molecule has 27 heavy (non-hydrogen) atoms. The van der Waals surface area contributed by atoms with Gasteiger partial charge in [0.1, 0.15) is 5.75 Å². The number of carbonyl (C=O) groups excluding carboxylic acids is 1. The van der Waals surface area contributed by atoms with E-state index in [0.29, 0.717) is 31.0 Å². The molecular weight excluding hydrogens is 338 g/mol. The second-order valence-electron chi connectivity index (χ2n) is 8.11. The highest BCUT2D eigenvalue weighted by Gasteiger charge is 2.29. The van der Waals surface area contributed by atoms with Crippen LogP contribution in [0.15, 0.2) is 24.3 Å². The van der Waals surface area contributed by atoms with Gasteiger partial charge in [0.25, 0.3) is 0 Å². The molecule has 0 spiro atoms. The third kappa shape index (κ3) is 5.16. The number of nitrogens with zero attached hydrogens (tertiary/aromatic N) is 2. The maximum Gasteiger partial charge on any atom is 0.234 e. The number of piperazine rings is 1. The minimum atomic E-state index is 0.184. The van der Waals surface area contributed by atoms with Crippen LogP contribution in [0.25, 0.3) is 0 Å². The molecule has 1 N–H and O–H groups in total. The summed E-state index contributed by atoms with van der Waals surface area (Å²) >= 11 is 0. The molecule has 2 aliphatic rings. The summed E-state index contributed by atoms with van der Waals surface area (Å²) in [5.74, 6) is 2.42. The van der Waals surface area contributed by atoms with Crippen molar-refractivity contribution in [2.24, 2.45) is 11.8 Å². The summed E-state index contributed by atoms with van der Waals surface area (Å²) in [6.45, 7) is 11.5. The third-order valence-corrected chi connectivity index (χ3v) is 6.30. The average molecular weight is 374 g/mol. The van der Waals surface area contributed by atoms with E-state index in [1.54, 1.807) is 0 Å². The maximum absolute atomic E-state index is 12.5. The van der Waals surface area contributed by atoms with Gasteiger partial charge in [-0.2, -0.15) is 0 Å². The van der Waals surface area contributed by atoms with Crippen LogP contribution in [0, 0.1) is 11.8 Å². The summed E-state index contributed by atoms with van der Waals surface area (Å²) in [4.78, 5) is 17.2. The molecule has 3 rings (SSSR count). The molecule has 1 saturated heterocycles. The lowest BCUT2D eigenvalue weighted by atomic mass is 9.78. The predicted molar refractivity (Wildman–Crippen MR) is 110 cm³/mol. The fourth-order valence-electron chi connectivity index (χ4n) is 4.38. The molecule has 5 heteroatoms. The van der Waals surface area contributed by atoms with Crippen LogP contribution in [0.3, 0.4) is 0 Å². The van der Waals surface area contributed by atoms with Gasteiger partial charge in [-0.25, -0.2) is 0 Å². The van der Waals surface area contributed by atoms with E-state index in [1.807, 2.05) is 19.1 Å². The van der Waals surface area contributed by atoms with Crippen molar-refractivity contribution in [3.8, 4) is 5.75 Å². The van der Waals surface area contributed by atoms with Gasteiger partial charge in [-0.3, -0.25) is 9.69 Å². The molecule has 1 saturated carbocycles. The number of ether oxygens (including phenoxy) is 1. The lowest BCUT2D eigenvalue weighted by Crippen LogP contribution is -2.52. The molecule has 1 aliphatic carbocycles. The lowest BCUT2D eigenvalue weighted by Gasteiger charge is -2.37. The Morgan fingerprint density at radius 1 is 1.15 bits per heavy atom. The minimum Gasteiger partial charge on any atom is -0.492 e. The van der Waals surface area contributed by atoms with Crippen LogP contribution in [0.4, 0.5) is 5.69 Å². The van der Waals surface area contributed by atoms with Crippen LogP contribution in [0.5, 0.6) is 5.75 Å². The van der Waals surface area contributed by atoms with Crippen molar-refractivity contribution in [1.82, 2.24) is 10.2 Å². The van der Waals surface area contributed by atoms with Crippen LogP contribution in [0.1, 0.15) is 40.0 Å². The number of hydrogen-bond donors (Lipinski definition) is 1. The van der Waals surface area contributed by atoms with E-state index in [-0.39, 0.29) is 5.91 Å². The summed E-state index contributed by atoms with van der Waals surface area (Å²) in [6, 6.07) is 8.58. The second kappa shape index (κ2) is 9.45. The van der Waals surface area contributed by atoms with Crippen LogP contribution >= 0.6 is 0 Å². The van der Waals surface area contributed by atoms with Crippen molar-refractivity contribution in [2.75, 3.05) is 44.2 Å². The summed E-state index contributed by atoms with van der Waals surface area (Å²) in [6.07, 6.45) is 3.65. The first-order valence-electron chi connectivity index (χ1n) is 10.6. The molecule has 0 bridgehead atoms. The van der Waals surface area contributed by atoms with Gasteiger partial charge in [-0.15, -0.1) is 0 Å². The fraction of sp³-hybridized carbons (Fsp3) is 0.682. The number of amides is 1. The van der Waals surface area contributed by atoms with Crippen LogP contribution < -0.4 is 15.0 Å². The topological polar surface area (TPSA) is 44.8 Å². The Morgan fingerprint density at radius 3 is 2.63 bits per heavy atom. The Kier molecular flexibility index (Phi) is 7.00. The number of para-hydroxylation sites is 2. The molecule has 2 fully saturated rings. The zero-order chi connectivity index (χ0) is 19.2. The Morgan fingerprint density at radius 2 is 1.89 bits per heavy atom. The SMILES string of the molecule is CCOc1ccccc1N1CCN(CC(=O)N[C@H]2CCC[C@@H](C)[C@@H]2C)CC1. The van der Waals surface area contributed by atoms with Gasteiger partial charge in [0.15, 0.2) is 0 Å². The van der Waals surface area contributed by atoms with Crippen molar-refractivity contribution in [1.29, 1.82) is 0 Å². The highest BCUT2D eigenvalue weighted by atomic mass is 16.5. The van der Waals surface area contributed by atoms with E-state index >= 15 is 0 Å². The first-order chi connectivity index (χ1) is 13.1. The van der Waals surface area contributed by atoms with Crippen molar-refractivity contribution >= 4 is 11.6 Å². The smallest absolute Gasteiger partial charge is 0.234 e. The van der Waals surface area contributed by atoms with Gasteiger partial charge >= 0.3 is 0 Å². The van der Waals surface area contributed by atoms with Crippen LogP contribution in [-0.2, 0) is 4.79 Å². The van der Waals surface area contributed by atoms with Gasteiger partial charge in [0, 0.05) is 32.2 Å². The quantitative estimate of drug-likeness (QED) is 0.832. The van der Waals surface area contributed by atoms with Gasteiger partial charge < -0.3 is 15.0 Å². The van der Waals surface area contributed by atoms with Crippen molar-refractivity contribution in [2.45, 2.75) is 46.1 Å². The molecule has 150 valence electrons. The molecule has 5 nitrogen and oxygen atoms in total. The van der Waals surface area contributed by atoms with E-state index in [2.05, 4.69) is 41.1 Å². The molecule has 1 heterocycles. The summed E-state index contributed by atoms with van der Waals surface area (Å²) in [5.41, 5.74) is 1.16. The van der Waals surface area contributed by atoms with E-state index < -0.39 is 0 Å². The monoisotopic (exact) mass is 373 g/mol. The number of benzene rings is 1. The van der Waals surface area contributed by atoms with Gasteiger partial charge in [-0.1, -0.05) is 38.8 Å². The summed E-state index contributed by atoms with van der Waals surface area (Å²) in [7, 11) is 0. The Balaban J connectivity index is 1.47. The van der Waals surface area contributed by atoms with Crippen LogP contribution in [-0.4, -0.2) is 56.2 Å². The van der Waals surface area contributed by atoms with E-state index in [9.17, 15) is 4.79 Å². The molecule has 1 aliphatic heterocycles. The molecule has 1 aromatic carbocycles. The molecule has 1 amide bonds. The Bertz CT molecular complexity index is 613. The summed E-state index contributed by atoms with van der Waals surface area (Å²) in [5, 5.41) is 3.30. The Labute approximate surface area is 164 Å². The Hall–Kier alpha value is -1.75. The van der Waals surface area contributed by atoms with Crippen molar-refractivity contribution in [3.05, 3.63) is 24.3 Å². The molecule has 0 radical (unpaired) electrons. The van der Waals surface area contributed by atoms with Gasteiger partial charge in [0.05, 0.1) is 18.8 Å². The highest BCUT2D eigenvalue weighted by molar-refractivity contribution is 5.78. The summed E-state index contributed by atoms with van der Waals surface area (Å²) < 4.78 is 5.77. The van der Waals surface area contributed by atoms with E-state index in [1.165, 1.54) is 12.8 Å². The number of carbonyl (C=O) groups is 1. The highest BCUT2D eigenvalue weighted by Crippen LogP contribution is 2.30. The van der Waals surface area contributed by atoms with E-state index in [0.717, 1.165) is 44.0 Å². The normalized spacial score (nSPS) is 26.6. The number of hydrogen-bond acceptors (Lipinski definition) is 4. The molecule has 0 aromatic heterocycles. The van der Waals surface area contributed by atoms with E-state index in [4.69, 9.17) is 4.74 Å². The van der Waals surface area contributed by atoms with Crippen molar-refractivity contribution < 1.29 is 9.53 Å². The van der Waals surface area contributed by atoms with Crippen molar-refractivity contribution in [3.63, 3.8) is 0 Å². The predicted octanol–water partition coefficient (Wildman–Crippen LogP) is 3.15. The average Bonchev–Trinajstić information content (AvgIpc) is 2.67. The van der Waals surface area contributed by atoms with Gasteiger partial charge in [0.2, 0.25) is 5.91 Å². The molecule has 0 unspecified atom stereocenters. The zero-order valence-electron chi connectivity index (χ0n) is 17.1. The van der Waals surface area contributed by atoms with Crippen LogP contribution in [0.2, 0.25) is 0 Å². The minimum absolute atomic E-state index is 0.184. The number of nitrogens with one attached hydrogen (secondary N) is 1. The maximum atomic E-state index is 12.5. The van der Waals surface area contributed by atoms with Gasteiger partial charge in [-0.05, 0) is 37.3 Å². The zero-order valence-corrected chi connectivity index (χ0v) is 17.1. The number of anilines is 1. The largest absolute Gasteiger partial charge is 0.492 e.